The van der Waals surface area contributed by atoms with Crippen LogP contribution in [0.1, 0.15) is 13.8 Å². The third-order valence-corrected chi connectivity index (χ3v) is 3.98. The van der Waals surface area contributed by atoms with Gasteiger partial charge in [0.2, 0.25) is 0 Å². The lowest BCUT2D eigenvalue weighted by molar-refractivity contribution is -0.137. The molecule has 0 bridgehead atoms. The van der Waals surface area contributed by atoms with Crippen LogP contribution >= 0.6 is 15.9 Å². The van der Waals surface area contributed by atoms with E-state index >= 15 is 0 Å². The number of nitrogens with zero attached hydrogens (tertiary/aromatic N) is 2. The fourth-order valence-electron chi connectivity index (χ4n) is 2.19. The van der Waals surface area contributed by atoms with Gasteiger partial charge in [-0.1, -0.05) is 31.4 Å². The Kier molecular flexibility index (Phi) is 3.87. The molecule has 1 aromatic heterocycles. The van der Waals surface area contributed by atoms with Gasteiger partial charge in [0.25, 0.3) is 0 Å². The molecule has 3 aromatic rings. The zero-order valence-corrected chi connectivity index (χ0v) is 14.1. The second-order valence-electron chi connectivity index (χ2n) is 5.49. The first-order valence-corrected chi connectivity index (χ1v) is 7.84. The molecule has 0 amide bonds. The van der Waals surface area contributed by atoms with Gasteiger partial charge in [0.05, 0.1) is 26.9 Å². The molecule has 0 aliphatic carbocycles. The zero-order valence-electron chi connectivity index (χ0n) is 12.6. The standard InChI is InChI=1S/C16H14BBrN2O2/c1-8(2)16(21)22-15-10(18)7-9(17)13-14(15)20-12-6-4-3-5-11(12)19-13/h3-8H,17H2,1-2H3. The highest BCUT2D eigenvalue weighted by Crippen LogP contribution is 2.32. The van der Waals surface area contributed by atoms with Crippen molar-refractivity contribution in [3.05, 3.63) is 34.8 Å². The lowest BCUT2D eigenvalue weighted by Gasteiger charge is -2.13. The molecular weight excluding hydrogens is 343 g/mol. The average Bonchev–Trinajstić information content (AvgIpc) is 2.49. The van der Waals surface area contributed by atoms with Gasteiger partial charge in [-0.05, 0) is 34.1 Å². The average molecular weight is 357 g/mol. The third kappa shape index (κ3) is 2.59. The minimum Gasteiger partial charge on any atom is -0.423 e. The predicted octanol–water partition coefficient (Wildman–Crippen LogP) is 2.37. The summed E-state index contributed by atoms with van der Waals surface area (Å²) in [5.41, 5.74) is 3.91. The van der Waals surface area contributed by atoms with E-state index < -0.39 is 0 Å². The molecule has 6 heteroatoms. The highest BCUT2D eigenvalue weighted by atomic mass is 79.9. The lowest BCUT2D eigenvalue weighted by atomic mass is 9.94. The van der Waals surface area contributed by atoms with Crippen molar-refractivity contribution in [3.63, 3.8) is 0 Å². The van der Waals surface area contributed by atoms with Crippen molar-refractivity contribution in [2.45, 2.75) is 13.8 Å². The molecule has 22 heavy (non-hydrogen) atoms. The first-order chi connectivity index (χ1) is 10.5. The van der Waals surface area contributed by atoms with Crippen molar-refractivity contribution < 1.29 is 9.53 Å². The van der Waals surface area contributed by atoms with Crippen LogP contribution in [0.15, 0.2) is 34.8 Å². The van der Waals surface area contributed by atoms with Crippen LogP contribution in [0.5, 0.6) is 5.75 Å². The number of ether oxygens (including phenoxy) is 1. The van der Waals surface area contributed by atoms with E-state index in [-0.39, 0.29) is 11.9 Å². The van der Waals surface area contributed by atoms with Crippen LogP contribution in [0.2, 0.25) is 0 Å². The van der Waals surface area contributed by atoms with Crippen LogP contribution in [0.3, 0.4) is 0 Å². The molecule has 0 atom stereocenters. The molecule has 3 rings (SSSR count). The van der Waals surface area contributed by atoms with Gasteiger partial charge in [-0.25, -0.2) is 9.97 Å². The SMILES string of the molecule is Bc1cc(Br)c(OC(=O)C(C)C)c2nc3ccccc3nc12. The zero-order chi connectivity index (χ0) is 15.9. The summed E-state index contributed by atoms with van der Waals surface area (Å²) in [5.74, 6) is -0.0740. The number of carbonyl (C=O) groups excluding carboxylic acids is 1. The number of hydrogen-bond acceptors (Lipinski definition) is 4. The number of para-hydroxylation sites is 2. The Morgan fingerprint density at radius 3 is 2.36 bits per heavy atom. The fourth-order valence-corrected chi connectivity index (χ4v) is 2.80. The van der Waals surface area contributed by atoms with Crippen molar-refractivity contribution in [1.82, 2.24) is 9.97 Å². The van der Waals surface area contributed by atoms with Crippen molar-refractivity contribution in [2.75, 3.05) is 0 Å². The van der Waals surface area contributed by atoms with Crippen LogP contribution in [-0.2, 0) is 4.79 Å². The molecule has 0 saturated carbocycles. The van der Waals surface area contributed by atoms with E-state index in [1.54, 1.807) is 13.8 Å². The summed E-state index contributed by atoms with van der Waals surface area (Å²) in [7, 11) is 1.96. The number of aromatic nitrogens is 2. The van der Waals surface area contributed by atoms with Crippen LogP contribution in [0.4, 0.5) is 0 Å². The topological polar surface area (TPSA) is 52.1 Å². The first kappa shape index (κ1) is 15.0. The second-order valence-corrected chi connectivity index (χ2v) is 6.34. The molecule has 0 saturated heterocycles. The van der Waals surface area contributed by atoms with Gasteiger partial charge < -0.3 is 4.74 Å². The molecule has 0 spiro atoms. The summed E-state index contributed by atoms with van der Waals surface area (Å²) in [6.07, 6.45) is 0. The van der Waals surface area contributed by atoms with E-state index in [4.69, 9.17) is 4.74 Å². The maximum absolute atomic E-state index is 12.0. The van der Waals surface area contributed by atoms with Crippen molar-refractivity contribution in [1.29, 1.82) is 0 Å². The largest absolute Gasteiger partial charge is 0.423 e. The first-order valence-electron chi connectivity index (χ1n) is 7.04. The van der Waals surface area contributed by atoms with Crippen LogP contribution < -0.4 is 10.2 Å². The number of rotatable bonds is 2. The maximum Gasteiger partial charge on any atom is 0.313 e. The van der Waals surface area contributed by atoms with E-state index in [1.165, 1.54) is 0 Å². The number of halogens is 1. The Balaban J connectivity index is 2.30. The summed E-state index contributed by atoms with van der Waals surface area (Å²) in [6, 6.07) is 9.55. The van der Waals surface area contributed by atoms with Crippen LogP contribution in [0, 0.1) is 5.92 Å². The van der Waals surface area contributed by atoms with Crippen molar-refractivity contribution >= 4 is 57.3 Å². The molecule has 2 aromatic carbocycles. The van der Waals surface area contributed by atoms with Gasteiger partial charge in [-0.2, -0.15) is 0 Å². The Morgan fingerprint density at radius 2 is 1.77 bits per heavy atom. The van der Waals surface area contributed by atoms with Gasteiger partial charge in [0.1, 0.15) is 13.4 Å². The van der Waals surface area contributed by atoms with E-state index in [0.717, 1.165) is 22.0 Å². The number of esters is 1. The quantitative estimate of drug-likeness (QED) is 0.306. The molecule has 0 radical (unpaired) electrons. The summed E-state index contributed by atoms with van der Waals surface area (Å²) < 4.78 is 6.24. The van der Waals surface area contributed by atoms with Gasteiger partial charge >= 0.3 is 5.97 Å². The summed E-state index contributed by atoms with van der Waals surface area (Å²) >= 11 is 3.46. The van der Waals surface area contributed by atoms with Crippen molar-refractivity contribution in [2.24, 2.45) is 5.92 Å². The second kappa shape index (κ2) is 5.68. The summed E-state index contributed by atoms with van der Waals surface area (Å²) in [5, 5.41) is 0. The highest BCUT2D eigenvalue weighted by Gasteiger charge is 2.18. The van der Waals surface area contributed by atoms with Crippen LogP contribution in [0.25, 0.3) is 22.1 Å². The van der Waals surface area contributed by atoms with Crippen molar-refractivity contribution in [3.8, 4) is 5.75 Å². The Labute approximate surface area is 137 Å². The van der Waals surface area contributed by atoms with Gasteiger partial charge in [0.15, 0.2) is 5.75 Å². The molecular formula is C16H14BBrN2O2. The molecule has 110 valence electrons. The Bertz CT molecular complexity index is 896. The smallest absolute Gasteiger partial charge is 0.313 e. The minimum absolute atomic E-state index is 0.211. The van der Waals surface area contributed by atoms with E-state index in [2.05, 4.69) is 25.9 Å². The highest BCUT2D eigenvalue weighted by molar-refractivity contribution is 9.10. The predicted molar refractivity (Wildman–Crippen MR) is 93.4 cm³/mol. The molecule has 0 aliphatic heterocycles. The molecule has 0 unspecified atom stereocenters. The summed E-state index contributed by atoms with van der Waals surface area (Å²) in [6.45, 7) is 3.60. The minimum atomic E-state index is -0.291. The Morgan fingerprint density at radius 1 is 1.18 bits per heavy atom. The fraction of sp³-hybridized carbons (Fsp3) is 0.188. The number of benzene rings is 2. The number of carbonyl (C=O) groups is 1. The van der Waals surface area contributed by atoms with Gasteiger partial charge in [0, 0.05) is 0 Å². The monoisotopic (exact) mass is 356 g/mol. The summed E-state index contributed by atoms with van der Waals surface area (Å²) in [4.78, 5) is 21.3. The van der Waals surface area contributed by atoms with E-state index in [0.29, 0.717) is 15.7 Å². The molecule has 0 N–H and O–H groups in total. The number of hydrogen-bond donors (Lipinski definition) is 0. The molecule has 0 aliphatic rings. The van der Waals surface area contributed by atoms with Crippen LogP contribution in [-0.4, -0.2) is 23.8 Å². The third-order valence-electron chi connectivity index (χ3n) is 3.39. The lowest BCUT2D eigenvalue weighted by Crippen LogP contribution is -2.17. The maximum atomic E-state index is 12.0. The number of fused-ring (bicyclic) bond motifs is 2. The van der Waals surface area contributed by atoms with Gasteiger partial charge in [-0.15, -0.1) is 0 Å². The molecule has 1 heterocycles. The molecule has 0 fully saturated rings. The normalized spacial score (nSPS) is 11.3. The van der Waals surface area contributed by atoms with E-state index in [1.807, 2.05) is 38.2 Å². The Hall–Kier alpha value is -1.95. The molecule has 4 nitrogen and oxygen atoms in total. The van der Waals surface area contributed by atoms with E-state index in [9.17, 15) is 4.79 Å². The van der Waals surface area contributed by atoms with Gasteiger partial charge in [-0.3, -0.25) is 4.79 Å².